The predicted octanol–water partition coefficient (Wildman–Crippen LogP) is 2.10. The first-order valence-electron chi connectivity index (χ1n) is 9.53. The molecule has 4 aliphatic rings. The number of carboxylic acids is 1. The molecule has 4 saturated carbocycles. The van der Waals surface area contributed by atoms with Crippen LogP contribution in [0, 0.1) is 28.1 Å². The van der Waals surface area contributed by atoms with E-state index in [-0.39, 0.29) is 17.3 Å². The minimum Gasteiger partial charge on any atom is -0.481 e. The lowest BCUT2D eigenvalue weighted by molar-refractivity contribution is -0.232. The summed E-state index contributed by atoms with van der Waals surface area (Å²) in [5, 5.41) is 43.0. The highest BCUT2D eigenvalue weighted by atomic mass is 16.4. The molecule has 5 heteroatoms. The number of aliphatic hydroxyl groups is 3. The third-order valence-corrected chi connectivity index (χ3v) is 8.87. The Kier molecular flexibility index (Phi) is 3.41. The van der Waals surface area contributed by atoms with Crippen molar-refractivity contribution in [2.75, 3.05) is 0 Å². The van der Waals surface area contributed by atoms with Gasteiger partial charge in [-0.05, 0) is 68.3 Å². The second-order valence-electron chi connectivity index (χ2n) is 9.73. The number of hydrogen-bond acceptors (Lipinski definition) is 4. The third kappa shape index (κ3) is 1.82. The Morgan fingerprint density at radius 2 is 1.84 bits per heavy atom. The smallest absolute Gasteiger partial charge is 0.309 e. The van der Waals surface area contributed by atoms with Crippen LogP contribution in [0.5, 0.6) is 0 Å². The van der Waals surface area contributed by atoms with Crippen molar-refractivity contribution >= 4 is 5.97 Å². The lowest BCUT2D eigenvalue weighted by Crippen LogP contribution is -2.65. The number of carboxylic acid groups (broad SMARTS) is 1. The molecule has 2 bridgehead atoms. The average Bonchev–Trinajstić information content (AvgIpc) is 2.68. The SMILES string of the molecule is C=C1[C@H](O)[C@]23C[C@@]1(O)CC[C@H]2[C@]1(C)CCC[C@@](C)(C(=O)O)[C@H]1C[C@@H]3O. The first-order chi connectivity index (χ1) is 11.5. The van der Waals surface area contributed by atoms with Gasteiger partial charge in [-0.1, -0.05) is 19.9 Å². The molecule has 0 radical (unpaired) electrons. The van der Waals surface area contributed by atoms with E-state index in [0.29, 0.717) is 37.7 Å². The van der Waals surface area contributed by atoms with Crippen molar-refractivity contribution in [2.45, 2.75) is 76.6 Å². The highest BCUT2D eigenvalue weighted by Gasteiger charge is 2.73. The monoisotopic (exact) mass is 350 g/mol. The molecule has 0 saturated heterocycles. The van der Waals surface area contributed by atoms with Crippen LogP contribution in [0.2, 0.25) is 0 Å². The first kappa shape index (κ1) is 17.5. The molecule has 4 aliphatic carbocycles. The lowest BCUT2D eigenvalue weighted by atomic mass is 9.39. The Bertz CT molecular complexity index is 646. The molecule has 0 amide bonds. The summed E-state index contributed by atoms with van der Waals surface area (Å²) in [6, 6.07) is 0. The lowest BCUT2D eigenvalue weighted by Gasteiger charge is -2.65. The van der Waals surface area contributed by atoms with Crippen LogP contribution in [0.25, 0.3) is 0 Å². The van der Waals surface area contributed by atoms with E-state index in [1.807, 2.05) is 6.92 Å². The minimum atomic E-state index is -1.09. The molecule has 4 fully saturated rings. The Balaban J connectivity index is 1.84. The summed E-state index contributed by atoms with van der Waals surface area (Å²) in [6.07, 6.45) is 2.61. The van der Waals surface area contributed by atoms with E-state index in [4.69, 9.17) is 0 Å². The van der Waals surface area contributed by atoms with Crippen LogP contribution >= 0.6 is 0 Å². The van der Waals surface area contributed by atoms with Gasteiger partial charge < -0.3 is 20.4 Å². The van der Waals surface area contributed by atoms with Gasteiger partial charge in [0.1, 0.15) is 0 Å². The van der Waals surface area contributed by atoms with Gasteiger partial charge in [-0.15, -0.1) is 0 Å². The Hall–Kier alpha value is -0.910. The van der Waals surface area contributed by atoms with E-state index >= 15 is 0 Å². The number of carbonyl (C=O) groups is 1. The van der Waals surface area contributed by atoms with Gasteiger partial charge >= 0.3 is 5.97 Å². The molecule has 0 aromatic carbocycles. The van der Waals surface area contributed by atoms with E-state index in [1.165, 1.54) is 0 Å². The molecule has 140 valence electrons. The molecule has 0 aromatic heterocycles. The Labute approximate surface area is 148 Å². The van der Waals surface area contributed by atoms with Crippen molar-refractivity contribution in [1.82, 2.24) is 0 Å². The van der Waals surface area contributed by atoms with Gasteiger partial charge in [-0.25, -0.2) is 0 Å². The van der Waals surface area contributed by atoms with Crippen LogP contribution in [0.4, 0.5) is 0 Å². The molecule has 4 N–H and O–H groups in total. The molecule has 1 spiro atoms. The number of rotatable bonds is 1. The summed E-state index contributed by atoms with van der Waals surface area (Å²) in [4.78, 5) is 12.1. The molecule has 0 aromatic rings. The predicted molar refractivity (Wildman–Crippen MR) is 91.7 cm³/mol. The molecular formula is C20H30O5. The summed E-state index contributed by atoms with van der Waals surface area (Å²) in [7, 11) is 0. The minimum absolute atomic E-state index is 0.00208. The fraction of sp³-hybridized carbons (Fsp3) is 0.850. The zero-order valence-corrected chi connectivity index (χ0v) is 15.2. The van der Waals surface area contributed by atoms with Crippen molar-refractivity contribution in [1.29, 1.82) is 0 Å². The highest BCUT2D eigenvalue weighted by Crippen LogP contribution is 2.72. The van der Waals surface area contributed by atoms with Gasteiger partial charge in [-0.2, -0.15) is 0 Å². The third-order valence-electron chi connectivity index (χ3n) is 8.87. The van der Waals surface area contributed by atoms with Crippen molar-refractivity contribution < 1.29 is 25.2 Å². The van der Waals surface area contributed by atoms with Crippen molar-refractivity contribution in [3.05, 3.63) is 12.2 Å². The molecule has 5 nitrogen and oxygen atoms in total. The molecule has 0 unspecified atom stereocenters. The second kappa shape index (κ2) is 4.87. The molecular weight excluding hydrogens is 320 g/mol. The van der Waals surface area contributed by atoms with Gasteiger partial charge in [0.05, 0.1) is 23.2 Å². The Morgan fingerprint density at radius 3 is 2.48 bits per heavy atom. The van der Waals surface area contributed by atoms with Crippen LogP contribution in [-0.4, -0.2) is 44.2 Å². The van der Waals surface area contributed by atoms with E-state index in [1.54, 1.807) is 0 Å². The molecule has 25 heavy (non-hydrogen) atoms. The van der Waals surface area contributed by atoms with Gasteiger partial charge in [-0.3, -0.25) is 4.79 Å². The fourth-order valence-corrected chi connectivity index (χ4v) is 7.54. The summed E-state index contributed by atoms with van der Waals surface area (Å²) in [5.41, 5.74) is -2.54. The topological polar surface area (TPSA) is 98.0 Å². The number of hydrogen-bond donors (Lipinski definition) is 4. The van der Waals surface area contributed by atoms with E-state index < -0.39 is 34.6 Å². The van der Waals surface area contributed by atoms with Crippen molar-refractivity contribution in [3.8, 4) is 0 Å². The standard InChI is InChI=1S/C20H30O5/c1-11-15(22)20-10-19(11,25)8-5-12(20)17(2)6-4-7-18(3,16(23)24)13(17)9-14(20)21/h12-15,21-22,25H,1,4-10H2,2-3H3,(H,23,24)/t12-,13-,14-,15-,17-,18+,19-,20+/m0/s1. The van der Waals surface area contributed by atoms with Crippen LogP contribution < -0.4 is 0 Å². The fourth-order valence-electron chi connectivity index (χ4n) is 7.54. The van der Waals surface area contributed by atoms with Crippen LogP contribution in [0.1, 0.15) is 58.8 Å². The number of aliphatic hydroxyl groups excluding tert-OH is 2. The average molecular weight is 350 g/mol. The zero-order chi connectivity index (χ0) is 18.4. The zero-order valence-electron chi connectivity index (χ0n) is 15.2. The summed E-state index contributed by atoms with van der Waals surface area (Å²) in [6.45, 7) is 7.93. The Morgan fingerprint density at radius 1 is 1.16 bits per heavy atom. The van der Waals surface area contributed by atoms with E-state index in [0.717, 1.165) is 12.8 Å². The van der Waals surface area contributed by atoms with Gasteiger partial charge in [0, 0.05) is 5.41 Å². The van der Waals surface area contributed by atoms with E-state index in [9.17, 15) is 25.2 Å². The first-order valence-corrected chi connectivity index (χ1v) is 9.53. The highest BCUT2D eigenvalue weighted by molar-refractivity contribution is 5.75. The largest absolute Gasteiger partial charge is 0.481 e. The van der Waals surface area contributed by atoms with Crippen LogP contribution in [-0.2, 0) is 4.79 Å². The van der Waals surface area contributed by atoms with Gasteiger partial charge in [0.25, 0.3) is 0 Å². The summed E-state index contributed by atoms with van der Waals surface area (Å²) < 4.78 is 0. The maximum Gasteiger partial charge on any atom is 0.309 e. The van der Waals surface area contributed by atoms with Crippen molar-refractivity contribution in [3.63, 3.8) is 0 Å². The van der Waals surface area contributed by atoms with Crippen LogP contribution in [0.3, 0.4) is 0 Å². The molecule has 4 rings (SSSR count). The number of aliphatic carboxylic acids is 1. The van der Waals surface area contributed by atoms with Gasteiger partial charge in [0.2, 0.25) is 0 Å². The van der Waals surface area contributed by atoms with Crippen molar-refractivity contribution in [2.24, 2.45) is 28.1 Å². The summed E-state index contributed by atoms with van der Waals surface area (Å²) in [5.74, 6) is -0.901. The quantitative estimate of drug-likeness (QED) is 0.543. The summed E-state index contributed by atoms with van der Waals surface area (Å²) >= 11 is 0. The van der Waals surface area contributed by atoms with E-state index in [2.05, 4.69) is 13.5 Å². The maximum atomic E-state index is 12.1. The van der Waals surface area contributed by atoms with Crippen LogP contribution in [0.15, 0.2) is 12.2 Å². The second-order valence-corrected chi connectivity index (χ2v) is 9.73. The normalized spacial score (nSPS) is 57.7. The van der Waals surface area contributed by atoms with Gasteiger partial charge in [0.15, 0.2) is 0 Å². The molecule has 0 aliphatic heterocycles. The molecule has 8 atom stereocenters. The maximum absolute atomic E-state index is 12.1. The number of fused-ring (bicyclic) bond motifs is 3. The molecule has 0 heterocycles.